The van der Waals surface area contributed by atoms with Gasteiger partial charge in [0.25, 0.3) is 0 Å². The molecule has 1 aromatic heterocycles. The van der Waals surface area contributed by atoms with Crippen LogP contribution in [0, 0.1) is 6.92 Å². The number of hydrogen-bond donors (Lipinski definition) is 1. The van der Waals surface area contributed by atoms with Crippen LogP contribution < -0.4 is 5.32 Å². The number of aryl methyl sites for hydroxylation is 1. The van der Waals surface area contributed by atoms with E-state index in [1.54, 1.807) is 19.0 Å². The molecule has 0 spiro atoms. The van der Waals surface area contributed by atoms with Gasteiger partial charge in [-0.3, -0.25) is 10.1 Å². The first kappa shape index (κ1) is 10.1. The molecule has 6 nitrogen and oxygen atoms in total. The van der Waals surface area contributed by atoms with Gasteiger partial charge in [-0.15, -0.1) is 10.2 Å². The van der Waals surface area contributed by atoms with Gasteiger partial charge in [0, 0.05) is 20.6 Å². The molecule has 15 heavy (non-hydrogen) atoms. The summed E-state index contributed by atoms with van der Waals surface area (Å²) in [7, 11) is 3.52. The van der Waals surface area contributed by atoms with E-state index in [4.69, 9.17) is 0 Å². The lowest BCUT2D eigenvalue weighted by atomic mass is 10.2. The Morgan fingerprint density at radius 2 is 2.27 bits per heavy atom. The van der Waals surface area contributed by atoms with Gasteiger partial charge in [-0.1, -0.05) is 0 Å². The van der Waals surface area contributed by atoms with Crippen LogP contribution in [-0.2, 0) is 17.9 Å². The molecule has 1 aliphatic rings. The number of nitrogens with one attached hydrogen (secondary N) is 1. The summed E-state index contributed by atoms with van der Waals surface area (Å²) in [6.45, 7) is 3.12. The second-order valence-corrected chi connectivity index (χ2v) is 3.94. The molecule has 2 heterocycles. The van der Waals surface area contributed by atoms with E-state index in [0.717, 1.165) is 11.6 Å². The number of rotatable bonds is 1. The minimum atomic E-state index is -0.165. The summed E-state index contributed by atoms with van der Waals surface area (Å²) < 4.78 is 1.99. The lowest BCUT2D eigenvalue weighted by Crippen LogP contribution is -2.49. The van der Waals surface area contributed by atoms with E-state index in [0.29, 0.717) is 13.1 Å². The van der Waals surface area contributed by atoms with E-state index in [1.165, 1.54) is 0 Å². The third kappa shape index (κ3) is 1.72. The molecule has 82 valence electrons. The summed E-state index contributed by atoms with van der Waals surface area (Å²) in [5, 5.41) is 11.2. The van der Waals surface area contributed by atoms with Crippen molar-refractivity contribution in [3.8, 4) is 0 Å². The fraction of sp³-hybridized carbons (Fsp3) is 0.667. The van der Waals surface area contributed by atoms with Gasteiger partial charge in [0.05, 0.1) is 6.54 Å². The van der Waals surface area contributed by atoms with E-state index in [1.807, 2.05) is 11.5 Å². The normalized spacial score (nSPS) is 19.8. The van der Waals surface area contributed by atoms with Crippen LogP contribution >= 0.6 is 0 Å². The molecule has 1 aromatic rings. The van der Waals surface area contributed by atoms with Crippen molar-refractivity contribution in [3.63, 3.8) is 0 Å². The molecule has 1 unspecified atom stereocenters. The number of hydrogen-bond acceptors (Lipinski definition) is 4. The zero-order valence-corrected chi connectivity index (χ0v) is 9.19. The maximum Gasteiger partial charge on any atom is 0.241 e. The minimum Gasteiger partial charge on any atom is -0.347 e. The Morgan fingerprint density at radius 3 is 2.93 bits per heavy atom. The van der Waals surface area contributed by atoms with Gasteiger partial charge in [-0.05, 0) is 6.92 Å². The Morgan fingerprint density at radius 1 is 1.53 bits per heavy atom. The van der Waals surface area contributed by atoms with Crippen molar-refractivity contribution < 1.29 is 4.79 Å². The third-order valence-corrected chi connectivity index (χ3v) is 2.62. The molecule has 0 aliphatic carbocycles. The number of aromatic nitrogens is 3. The topological polar surface area (TPSA) is 63.1 Å². The molecule has 0 bridgehead atoms. The van der Waals surface area contributed by atoms with Crippen molar-refractivity contribution in [2.45, 2.75) is 26.1 Å². The van der Waals surface area contributed by atoms with Crippen LogP contribution in [0.3, 0.4) is 0 Å². The number of likely N-dealkylation sites (N-methyl/N-ethyl adjacent to an activating group) is 1. The summed E-state index contributed by atoms with van der Waals surface area (Å²) in [4.78, 5) is 13.3. The van der Waals surface area contributed by atoms with Gasteiger partial charge in [0.1, 0.15) is 17.7 Å². The number of nitrogens with zero attached hydrogens (tertiary/aromatic N) is 4. The summed E-state index contributed by atoms with van der Waals surface area (Å²) in [5.41, 5.74) is 0. The number of fused-ring (bicyclic) bond motifs is 1. The highest BCUT2D eigenvalue weighted by atomic mass is 16.2. The fourth-order valence-electron chi connectivity index (χ4n) is 1.73. The molecule has 6 heteroatoms. The Hall–Kier alpha value is -1.43. The molecule has 1 aliphatic heterocycles. The standard InChI is InChI=1S/C9H15N5O/c1-6-11-12-8-4-10-7(5-14(6)8)9(15)13(2)3/h7,10H,4-5H2,1-3H3. The van der Waals surface area contributed by atoms with Gasteiger partial charge < -0.3 is 9.47 Å². The highest BCUT2D eigenvalue weighted by Crippen LogP contribution is 2.09. The number of amides is 1. The van der Waals surface area contributed by atoms with Gasteiger partial charge in [0.15, 0.2) is 0 Å². The monoisotopic (exact) mass is 209 g/mol. The van der Waals surface area contributed by atoms with Crippen LogP contribution in [0.1, 0.15) is 11.6 Å². The number of carbonyl (C=O) groups excluding carboxylic acids is 1. The summed E-state index contributed by atoms with van der Waals surface area (Å²) in [6, 6.07) is -0.165. The molecule has 1 N–H and O–H groups in total. The molecule has 0 saturated heterocycles. The highest BCUT2D eigenvalue weighted by molar-refractivity contribution is 5.81. The molecule has 1 amide bonds. The van der Waals surface area contributed by atoms with Gasteiger partial charge in [-0.2, -0.15) is 0 Å². The zero-order valence-electron chi connectivity index (χ0n) is 9.19. The lowest BCUT2D eigenvalue weighted by Gasteiger charge is -2.26. The maximum absolute atomic E-state index is 11.8. The van der Waals surface area contributed by atoms with E-state index in [2.05, 4.69) is 15.5 Å². The Labute approximate surface area is 88.3 Å². The molecule has 2 rings (SSSR count). The molecule has 0 fully saturated rings. The zero-order chi connectivity index (χ0) is 11.0. The molecular formula is C9H15N5O. The second kappa shape index (κ2) is 3.62. The van der Waals surface area contributed by atoms with Crippen LogP contribution in [0.25, 0.3) is 0 Å². The average molecular weight is 209 g/mol. The summed E-state index contributed by atoms with van der Waals surface area (Å²) >= 11 is 0. The van der Waals surface area contributed by atoms with Crippen molar-refractivity contribution in [2.75, 3.05) is 14.1 Å². The highest BCUT2D eigenvalue weighted by Gasteiger charge is 2.26. The maximum atomic E-state index is 11.8. The van der Waals surface area contributed by atoms with Gasteiger partial charge in [0.2, 0.25) is 5.91 Å². The van der Waals surface area contributed by atoms with Gasteiger partial charge in [-0.25, -0.2) is 0 Å². The van der Waals surface area contributed by atoms with Crippen molar-refractivity contribution in [3.05, 3.63) is 11.6 Å². The predicted molar refractivity (Wildman–Crippen MR) is 54.1 cm³/mol. The molecule has 0 radical (unpaired) electrons. The van der Waals surface area contributed by atoms with Gasteiger partial charge >= 0.3 is 0 Å². The predicted octanol–water partition coefficient (Wildman–Crippen LogP) is -0.853. The van der Waals surface area contributed by atoms with E-state index >= 15 is 0 Å². The lowest BCUT2D eigenvalue weighted by molar-refractivity contribution is -0.131. The largest absolute Gasteiger partial charge is 0.347 e. The van der Waals surface area contributed by atoms with E-state index in [-0.39, 0.29) is 11.9 Å². The van der Waals surface area contributed by atoms with Crippen molar-refractivity contribution in [2.24, 2.45) is 0 Å². The van der Waals surface area contributed by atoms with Crippen LogP contribution in [0.5, 0.6) is 0 Å². The Kier molecular flexibility index (Phi) is 2.44. The second-order valence-electron chi connectivity index (χ2n) is 3.94. The number of carbonyl (C=O) groups is 1. The van der Waals surface area contributed by atoms with Crippen LogP contribution in [0.4, 0.5) is 0 Å². The van der Waals surface area contributed by atoms with E-state index in [9.17, 15) is 4.79 Å². The first-order chi connectivity index (χ1) is 7.09. The molecular weight excluding hydrogens is 194 g/mol. The van der Waals surface area contributed by atoms with E-state index < -0.39 is 0 Å². The quantitative estimate of drug-likeness (QED) is 0.654. The first-order valence-corrected chi connectivity index (χ1v) is 4.93. The molecule has 1 atom stereocenters. The Balaban J connectivity index is 2.18. The van der Waals surface area contributed by atoms with Crippen LogP contribution in [-0.4, -0.2) is 45.7 Å². The third-order valence-electron chi connectivity index (χ3n) is 2.62. The average Bonchev–Trinajstić information content (AvgIpc) is 2.59. The SMILES string of the molecule is Cc1nnc2n1CC(C(=O)N(C)C)NC2. The Bertz CT molecular complexity index is 384. The molecule has 0 aromatic carbocycles. The van der Waals surface area contributed by atoms with Crippen LogP contribution in [0.15, 0.2) is 0 Å². The molecule has 0 saturated carbocycles. The first-order valence-electron chi connectivity index (χ1n) is 4.93. The smallest absolute Gasteiger partial charge is 0.241 e. The van der Waals surface area contributed by atoms with Crippen molar-refractivity contribution >= 4 is 5.91 Å². The summed E-state index contributed by atoms with van der Waals surface area (Å²) in [5.74, 6) is 1.85. The summed E-state index contributed by atoms with van der Waals surface area (Å²) in [6.07, 6.45) is 0. The van der Waals surface area contributed by atoms with Crippen LogP contribution in [0.2, 0.25) is 0 Å². The minimum absolute atomic E-state index is 0.0914. The fourth-order valence-corrected chi connectivity index (χ4v) is 1.73. The van der Waals surface area contributed by atoms with Crippen molar-refractivity contribution in [1.82, 2.24) is 25.0 Å². The van der Waals surface area contributed by atoms with Crippen molar-refractivity contribution in [1.29, 1.82) is 0 Å².